The van der Waals surface area contributed by atoms with Gasteiger partial charge in [-0.25, -0.2) is 0 Å². The lowest BCUT2D eigenvalue weighted by molar-refractivity contribution is -0.117. The van der Waals surface area contributed by atoms with E-state index in [-0.39, 0.29) is 18.4 Å². The van der Waals surface area contributed by atoms with Crippen molar-refractivity contribution >= 4 is 29.1 Å². The van der Waals surface area contributed by atoms with Gasteiger partial charge in [0.1, 0.15) is 0 Å². The molecule has 2 amide bonds. The van der Waals surface area contributed by atoms with Gasteiger partial charge in [0.05, 0.1) is 22.8 Å². The number of anilines is 1. The van der Waals surface area contributed by atoms with Crippen LogP contribution in [0.4, 0.5) is 5.69 Å². The number of nitrogens with one attached hydrogen (secondary N) is 1. The topological polar surface area (TPSA) is 65.5 Å². The van der Waals surface area contributed by atoms with Crippen LogP contribution in [0.3, 0.4) is 0 Å². The number of amides is 2. The molecule has 0 atom stereocenters. The molecule has 2 aromatic rings. The van der Waals surface area contributed by atoms with E-state index in [1.54, 1.807) is 41.6 Å². The molecular weight excluding hydrogens is 340 g/mol. The summed E-state index contributed by atoms with van der Waals surface area (Å²) in [5.41, 5.74) is 1.20. The van der Waals surface area contributed by atoms with E-state index >= 15 is 0 Å². The summed E-state index contributed by atoms with van der Waals surface area (Å²) in [6.07, 6.45) is 3.22. The zero-order valence-corrected chi connectivity index (χ0v) is 14.4. The first kappa shape index (κ1) is 17.4. The van der Waals surface area contributed by atoms with Crippen molar-refractivity contribution in [1.82, 2.24) is 14.8 Å². The number of rotatable bonds is 4. The summed E-state index contributed by atoms with van der Waals surface area (Å²) in [6, 6.07) is 10.7. The lowest BCUT2D eigenvalue weighted by atomic mass is 10.2. The second-order valence-electron chi connectivity index (χ2n) is 5.84. The van der Waals surface area contributed by atoms with E-state index in [1.807, 2.05) is 17.0 Å². The maximum absolute atomic E-state index is 12.4. The fourth-order valence-electron chi connectivity index (χ4n) is 2.74. The van der Waals surface area contributed by atoms with Gasteiger partial charge < -0.3 is 10.2 Å². The molecule has 0 saturated carbocycles. The third kappa shape index (κ3) is 4.55. The third-order valence-electron chi connectivity index (χ3n) is 4.08. The van der Waals surface area contributed by atoms with Gasteiger partial charge in [0.15, 0.2) is 0 Å². The first-order valence-corrected chi connectivity index (χ1v) is 8.47. The molecule has 0 aliphatic carbocycles. The van der Waals surface area contributed by atoms with Crippen molar-refractivity contribution in [2.45, 2.75) is 0 Å². The molecule has 6 nitrogen and oxygen atoms in total. The van der Waals surface area contributed by atoms with E-state index in [1.165, 1.54) is 0 Å². The second-order valence-corrected chi connectivity index (χ2v) is 6.25. The number of halogens is 1. The van der Waals surface area contributed by atoms with Crippen LogP contribution in [0, 0.1) is 0 Å². The third-order valence-corrected chi connectivity index (χ3v) is 4.41. The Morgan fingerprint density at radius 2 is 1.84 bits per heavy atom. The number of para-hydroxylation sites is 1. The number of aromatic nitrogens is 1. The van der Waals surface area contributed by atoms with Gasteiger partial charge in [-0.05, 0) is 24.3 Å². The van der Waals surface area contributed by atoms with Crippen LogP contribution < -0.4 is 5.32 Å². The maximum atomic E-state index is 12.4. The molecule has 25 heavy (non-hydrogen) atoms. The van der Waals surface area contributed by atoms with Crippen molar-refractivity contribution in [2.75, 3.05) is 38.0 Å². The number of hydrogen-bond acceptors (Lipinski definition) is 4. The average Bonchev–Trinajstić information content (AvgIpc) is 2.64. The van der Waals surface area contributed by atoms with Gasteiger partial charge in [-0.2, -0.15) is 0 Å². The Hall–Kier alpha value is -2.44. The summed E-state index contributed by atoms with van der Waals surface area (Å²) in [4.78, 5) is 32.3. The normalized spacial score (nSPS) is 15.0. The van der Waals surface area contributed by atoms with Crippen LogP contribution in [-0.4, -0.2) is 59.3 Å². The molecule has 7 heteroatoms. The minimum Gasteiger partial charge on any atom is -0.336 e. The van der Waals surface area contributed by atoms with Gasteiger partial charge in [-0.1, -0.05) is 23.7 Å². The largest absolute Gasteiger partial charge is 0.336 e. The van der Waals surface area contributed by atoms with Crippen LogP contribution in [0.2, 0.25) is 5.02 Å². The molecule has 1 saturated heterocycles. The van der Waals surface area contributed by atoms with Crippen LogP contribution in [0.5, 0.6) is 0 Å². The minimum atomic E-state index is -0.111. The maximum Gasteiger partial charge on any atom is 0.255 e. The van der Waals surface area contributed by atoms with Gasteiger partial charge in [0.2, 0.25) is 5.91 Å². The summed E-state index contributed by atoms with van der Waals surface area (Å²) < 4.78 is 0. The Kier molecular flexibility index (Phi) is 5.63. The first-order valence-electron chi connectivity index (χ1n) is 8.09. The van der Waals surface area contributed by atoms with Gasteiger partial charge in [0, 0.05) is 38.6 Å². The van der Waals surface area contributed by atoms with Crippen LogP contribution in [0.1, 0.15) is 10.4 Å². The monoisotopic (exact) mass is 358 g/mol. The molecular formula is C18H19ClN4O2. The molecule has 3 rings (SSSR count). The van der Waals surface area contributed by atoms with Crippen molar-refractivity contribution in [3.05, 3.63) is 59.4 Å². The number of piperazine rings is 1. The predicted molar refractivity (Wildman–Crippen MR) is 96.7 cm³/mol. The van der Waals surface area contributed by atoms with Crippen molar-refractivity contribution in [3.63, 3.8) is 0 Å². The molecule has 130 valence electrons. The molecule has 1 aliphatic rings. The number of carbonyl (C=O) groups excluding carboxylic acids is 2. The van der Waals surface area contributed by atoms with Crippen LogP contribution >= 0.6 is 11.6 Å². The molecule has 1 aromatic heterocycles. The minimum absolute atomic E-state index is 0.0201. The highest BCUT2D eigenvalue weighted by Crippen LogP contribution is 2.20. The fraction of sp³-hybridized carbons (Fsp3) is 0.278. The summed E-state index contributed by atoms with van der Waals surface area (Å²) >= 11 is 6.05. The molecule has 0 radical (unpaired) electrons. The Bertz CT molecular complexity index is 746. The Labute approximate surface area is 151 Å². The van der Waals surface area contributed by atoms with Gasteiger partial charge in [-0.15, -0.1) is 0 Å². The van der Waals surface area contributed by atoms with E-state index in [4.69, 9.17) is 11.6 Å². The molecule has 2 heterocycles. The van der Waals surface area contributed by atoms with E-state index in [0.717, 1.165) is 0 Å². The molecule has 1 aromatic carbocycles. The summed E-state index contributed by atoms with van der Waals surface area (Å²) in [5, 5.41) is 3.33. The zero-order chi connectivity index (χ0) is 17.6. The Balaban J connectivity index is 1.48. The number of pyridine rings is 1. The standard InChI is InChI=1S/C18H19ClN4O2/c19-15-5-1-2-6-16(15)21-17(24)13-22-8-10-23(11-9-22)18(25)14-4-3-7-20-12-14/h1-7,12H,8-11,13H2,(H,21,24). The highest BCUT2D eigenvalue weighted by atomic mass is 35.5. The summed E-state index contributed by atoms with van der Waals surface area (Å²) in [7, 11) is 0. The first-order chi connectivity index (χ1) is 12.1. The second kappa shape index (κ2) is 8.09. The van der Waals surface area contributed by atoms with E-state index < -0.39 is 0 Å². The average molecular weight is 359 g/mol. The summed E-state index contributed by atoms with van der Waals surface area (Å²) in [6.45, 7) is 2.77. The van der Waals surface area contributed by atoms with E-state index in [2.05, 4.69) is 10.3 Å². The molecule has 0 unspecified atom stereocenters. The SMILES string of the molecule is O=C(CN1CCN(C(=O)c2cccnc2)CC1)Nc1ccccc1Cl. The number of hydrogen-bond donors (Lipinski definition) is 1. The fourth-order valence-corrected chi connectivity index (χ4v) is 2.92. The number of carbonyl (C=O) groups is 2. The number of benzene rings is 1. The van der Waals surface area contributed by atoms with E-state index in [0.29, 0.717) is 42.5 Å². The number of nitrogens with zero attached hydrogens (tertiary/aromatic N) is 3. The lowest BCUT2D eigenvalue weighted by Crippen LogP contribution is -2.50. The highest BCUT2D eigenvalue weighted by molar-refractivity contribution is 6.33. The van der Waals surface area contributed by atoms with Gasteiger partial charge in [0.25, 0.3) is 5.91 Å². The molecule has 0 bridgehead atoms. The molecule has 0 spiro atoms. The highest BCUT2D eigenvalue weighted by Gasteiger charge is 2.23. The van der Waals surface area contributed by atoms with Gasteiger partial charge >= 0.3 is 0 Å². The lowest BCUT2D eigenvalue weighted by Gasteiger charge is -2.34. The van der Waals surface area contributed by atoms with E-state index in [9.17, 15) is 9.59 Å². The van der Waals surface area contributed by atoms with Crippen LogP contribution in [-0.2, 0) is 4.79 Å². The van der Waals surface area contributed by atoms with Crippen molar-refractivity contribution in [3.8, 4) is 0 Å². The van der Waals surface area contributed by atoms with Crippen molar-refractivity contribution in [1.29, 1.82) is 0 Å². The zero-order valence-electron chi connectivity index (χ0n) is 13.7. The van der Waals surface area contributed by atoms with Crippen LogP contribution in [0.15, 0.2) is 48.8 Å². The smallest absolute Gasteiger partial charge is 0.255 e. The van der Waals surface area contributed by atoms with Crippen molar-refractivity contribution in [2.24, 2.45) is 0 Å². The Morgan fingerprint density at radius 1 is 1.08 bits per heavy atom. The molecule has 1 fully saturated rings. The quantitative estimate of drug-likeness (QED) is 0.909. The van der Waals surface area contributed by atoms with Gasteiger partial charge in [-0.3, -0.25) is 19.5 Å². The molecule has 1 N–H and O–H groups in total. The molecule has 1 aliphatic heterocycles. The Morgan fingerprint density at radius 3 is 2.52 bits per heavy atom. The predicted octanol–water partition coefficient (Wildman–Crippen LogP) is 2.13. The summed E-state index contributed by atoms with van der Waals surface area (Å²) in [5.74, 6) is -0.131. The van der Waals surface area contributed by atoms with Crippen molar-refractivity contribution < 1.29 is 9.59 Å². The van der Waals surface area contributed by atoms with Crippen LogP contribution in [0.25, 0.3) is 0 Å².